The SMILES string of the molecule is C[C@H](CC(=O)O)OC(C)(C)C(F)(F)F. The highest BCUT2D eigenvalue weighted by molar-refractivity contribution is 5.67. The van der Waals surface area contributed by atoms with Crippen molar-refractivity contribution >= 4 is 5.97 Å². The molecule has 1 atom stereocenters. The lowest BCUT2D eigenvalue weighted by Crippen LogP contribution is -2.44. The largest absolute Gasteiger partial charge is 0.481 e. The highest BCUT2D eigenvalue weighted by atomic mass is 19.4. The molecule has 0 amide bonds. The smallest absolute Gasteiger partial charge is 0.416 e. The molecule has 0 aliphatic carbocycles. The Kier molecular flexibility index (Phi) is 3.93. The molecule has 0 aliphatic rings. The normalized spacial score (nSPS) is 15.3. The van der Waals surface area contributed by atoms with Gasteiger partial charge in [-0.15, -0.1) is 0 Å². The van der Waals surface area contributed by atoms with Crippen LogP contribution in [0.3, 0.4) is 0 Å². The molecule has 0 radical (unpaired) electrons. The Morgan fingerprint density at radius 1 is 1.43 bits per heavy atom. The van der Waals surface area contributed by atoms with E-state index in [0.29, 0.717) is 0 Å². The van der Waals surface area contributed by atoms with Crippen LogP contribution in [0, 0.1) is 0 Å². The van der Waals surface area contributed by atoms with Crippen LogP contribution in [0.5, 0.6) is 0 Å². The first-order valence-electron chi connectivity index (χ1n) is 4.02. The molecule has 1 N–H and O–H groups in total. The lowest BCUT2D eigenvalue weighted by molar-refractivity contribution is -0.275. The molecule has 0 rings (SSSR count). The van der Waals surface area contributed by atoms with E-state index in [2.05, 4.69) is 4.74 Å². The van der Waals surface area contributed by atoms with E-state index < -0.39 is 30.3 Å². The van der Waals surface area contributed by atoms with Crippen LogP contribution in [0.1, 0.15) is 27.2 Å². The predicted molar refractivity (Wildman–Crippen MR) is 42.9 cm³/mol. The number of ether oxygens (including phenoxy) is 1. The zero-order valence-corrected chi connectivity index (χ0v) is 8.18. The molecule has 0 heterocycles. The monoisotopic (exact) mass is 214 g/mol. The Morgan fingerprint density at radius 2 is 1.86 bits per heavy atom. The van der Waals surface area contributed by atoms with Gasteiger partial charge < -0.3 is 9.84 Å². The van der Waals surface area contributed by atoms with Crippen LogP contribution in [-0.4, -0.2) is 29.0 Å². The molecular weight excluding hydrogens is 201 g/mol. The molecule has 0 bridgehead atoms. The summed E-state index contributed by atoms with van der Waals surface area (Å²) in [6.07, 6.45) is -5.91. The van der Waals surface area contributed by atoms with E-state index in [9.17, 15) is 18.0 Å². The summed E-state index contributed by atoms with van der Waals surface area (Å²) in [5.74, 6) is -1.18. The average molecular weight is 214 g/mol. The maximum absolute atomic E-state index is 12.3. The van der Waals surface area contributed by atoms with Gasteiger partial charge in [0, 0.05) is 0 Å². The maximum atomic E-state index is 12.3. The minimum Gasteiger partial charge on any atom is -0.481 e. The van der Waals surface area contributed by atoms with Crippen LogP contribution in [-0.2, 0) is 9.53 Å². The van der Waals surface area contributed by atoms with Crippen LogP contribution in [0.2, 0.25) is 0 Å². The Bertz CT molecular complexity index is 210. The van der Waals surface area contributed by atoms with E-state index in [1.807, 2.05) is 0 Å². The van der Waals surface area contributed by atoms with Gasteiger partial charge in [0.2, 0.25) is 0 Å². The first-order valence-corrected chi connectivity index (χ1v) is 4.02. The number of carbonyl (C=O) groups is 1. The number of carboxylic acid groups (broad SMARTS) is 1. The number of hydrogen-bond donors (Lipinski definition) is 1. The molecule has 14 heavy (non-hydrogen) atoms. The molecule has 0 aromatic heterocycles. The van der Waals surface area contributed by atoms with Gasteiger partial charge in [-0.3, -0.25) is 4.79 Å². The highest BCUT2D eigenvalue weighted by Gasteiger charge is 2.49. The summed E-state index contributed by atoms with van der Waals surface area (Å²) in [5.41, 5.74) is -2.32. The molecule has 0 saturated carbocycles. The Morgan fingerprint density at radius 3 is 2.14 bits per heavy atom. The van der Waals surface area contributed by atoms with E-state index in [0.717, 1.165) is 13.8 Å². The number of halogens is 3. The molecule has 0 unspecified atom stereocenters. The summed E-state index contributed by atoms with van der Waals surface area (Å²) in [4.78, 5) is 10.2. The van der Waals surface area contributed by atoms with E-state index in [1.165, 1.54) is 6.92 Å². The predicted octanol–water partition coefficient (Wildman–Crippen LogP) is 2.21. The van der Waals surface area contributed by atoms with Crippen molar-refractivity contribution < 1.29 is 27.8 Å². The molecule has 6 heteroatoms. The number of carboxylic acids is 1. The topological polar surface area (TPSA) is 46.5 Å². The van der Waals surface area contributed by atoms with Crippen molar-refractivity contribution in [2.45, 2.75) is 45.1 Å². The summed E-state index contributed by atoms with van der Waals surface area (Å²) in [6, 6.07) is 0. The molecule has 0 aromatic carbocycles. The van der Waals surface area contributed by atoms with Gasteiger partial charge in [0.25, 0.3) is 0 Å². The Labute approximate surface area is 79.9 Å². The van der Waals surface area contributed by atoms with Gasteiger partial charge in [-0.25, -0.2) is 0 Å². The molecule has 3 nitrogen and oxygen atoms in total. The minimum atomic E-state index is -4.50. The third kappa shape index (κ3) is 3.95. The summed E-state index contributed by atoms with van der Waals surface area (Å²) in [6.45, 7) is 3.03. The lowest BCUT2D eigenvalue weighted by atomic mass is 10.1. The van der Waals surface area contributed by atoms with Crippen LogP contribution in [0.15, 0.2) is 0 Å². The van der Waals surface area contributed by atoms with Crippen LogP contribution < -0.4 is 0 Å². The fourth-order valence-electron chi connectivity index (χ4n) is 0.857. The maximum Gasteiger partial charge on any atom is 0.416 e. The Balaban J connectivity index is 4.29. The Hall–Kier alpha value is -0.780. The fraction of sp³-hybridized carbons (Fsp3) is 0.875. The van der Waals surface area contributed by atoms with Crippen molar-refractivity contribution in [3.8, 4) is 0 Å². The minimum absolute atomic E-state index is 0.445. The standard InChI is InChI=1S/C8H13F3O3/c1-5(4-6(12)13)14-7(2,3)8(9,10)11/h5H,4H2,1-3H3,(H,12,13)/t5-/m1/s1. The van der Waals surface area contributed by atoms with Gasteiger partial charge in [0.05, 0.1) is 12.5 Å². The average Bonchev–Trinajstić information content (AvgIpc) is 1.79. The van der Waals surface area contributed by atoms with Crippen molar-refractivity contribution in [3.05, 3.63) is 0 Å². The second-order valence-electron chi connectivity index (χ2n) is 3.53. The van der Waals surface area contributed by atoms with E-state index in [4.69, 9.17) is 5.11 Å². The second-order valence-corrected chi connectivity index (χ2v) is 3.53. The molecule has 0 fully saturated rings. The van der Waals surface area contributed by atoms with Gasteiger partial charge in [0.1, 0.15) is 0 Å². The summed E-state index contributed by atoms with van der Waals surface area (Å²) < 4.78 is 41.4. The van der Waals surface area contributed by atoms with Gasteiger partial charge in [-0.1, -0.05) is 0 Å². The number of rotatable bonds is 4. The highest BCUT2D eigenvalue weighted by Crippen LogP contribution is 2.34. The zero-order chi connectivity index (χ0) is 11.6. The summed E-state index contributed by atoms with van der Waals surface area (Å²) in [5, 5.41) is 8.32. The van der Waals surface area contributed by atoms with Crippen molar-refractivity contribution in [1.82, 2.24) is 0 Å². The molecule has 0 saturated heterocycles. The third-order valence-corrected chi connectivity index (χ3v) is 1.64. The van der Waals surface area contributed by atoms with E-state index in [1.54, 1.807) is 0 Å². The van der Waals surface area contributed by atoms with Crippen LogP contribution in [0.4, 0.5) is 13.2 Å². The second kappa shape index (κ2) is 4.16. The van der Waals surface area contributed by atoms with Gasteiger partial charge in [-0.2, -0.15) is 13.2 Å². The van der Waals surface area contributed by atoms with Crippen molar-refractivity contribution in [2.75, 3.05) is 0 Å². The quantitative estimate of drug-likeness (QED) is 0.780. The zero-order valence-electron chi connectivity index (χ0n) is 8.18. The number of alkyl halides is 3. The fourth-order valence-corrected chi connectivity index (χ4v) is 0.857. The van der Waals surface area contributed by atoms with Crippen molar-refractivity contribution in [2.24, 2.45) is 0 Å². The van der Waals surface area contributed by atoms with Crippen LogP contribution >= 0.6 is 0 Å². The van der Waals surface area contributed by atoms with Crippen molar-refractivity contribution in [1.29, 1.82) is 0 Å². The summed E-state index contributed by atoms with van der Waals surface area (Å²) >= 11 is 0. The molecular formula is C8H13F3O3. The number of aliphatic carboxylic acids is 1. The molecule has 84 valence electrons. The van der Waals surface area contributed by atoms with Gasteiger partial charge in [0.15, 0.2) is 5.60 Å². The first kappa shape index (κ1) is 13.2. The molecule has 0 aromatic rings. The van der Waals surface area contributed by atoms with Gasteiger partial charge in [-0.05, 0) is 20.8 Å². The van der Waals surface area contributed by atoms with Crippen molar-refractivity contribution in [3.63, 3.8) is 0 Å². The van der Waals surface area contributed by atoms with E-state index in [-0.39, 0.29) is 0 Å². The van der Waals surface area contributed by atoms with Crippen LogP contribution in [0.25, 0.3) is 0 Å². The third-order valence-electron chi connectivity index (χ3n) is 1.64. The summed E-state index contributed by atoms with van der Waals surface area (Å²) in [7, 11) is 0. The molecule has 0 spiro atoms. The lowest BCUT2D eigenvalue weighted by Gasteiger charge is -2.30. The number of hydrogen-bond acceptors (Lipinski definition) is 2. The first-order chi connectivity index (χ1) is 6.06. The van der Waals surface area contributed by atoms with E-state index >= 15 is 0 Å². The van der Waals surface area contributed by atoms with Gasteiger partial charge >= 0.3 is 12.1 Å². The molecule has 0 aliphatic heterocycles.